The number of nitrogens with zero attached hydrogens (tertiary/aromatic N) is 4. The van der Waals surface area contributed by atoms with Gasteiger partial charge in [-0.2, -0.15) is 5.10 Å². The van der Waals surface area contributed by atoms with Crippen LogP contribution in [0.5, 0.6) is 0 Å². The number of nitrogens with one attached hydrogen (secondary N) is 1. The third-order valence-corrected chi connectivity index (χ3v) is 7.69. The maximum atomic E-state index is 12.8. The number of benzene rings is 5. The van der Waals surface area contributed by atoms with Crippen molar-refractivity contribution in [3.05, 3.63) is 120 Å². The number of hydrogen-bond donors (Lipinski definition) is 1. The molecule has 0 spiro atoms. The van der Waals surface area contributed by atoms with Crippen LogP contribution in [0.15, 0.2) is 113 Å². The molecule has 0 atom stereocenters. The highest BCUT2D eigenvalue weighted by molar-refractivity contribution is 7.99. The molecular formula is C33H27N5OS. The molecule has 0 unspecified atom stereocenters. The number of thioether (sulfide) groups is 1. The van der Waals surface area contributed by atoms with Crippen LogP contribution in [0.2, 0.25) is 0 Å². The van der Waals surface area contributed by atoms with Crippen LogP contribution in [-0.2, 0) is 4.79 Å². The molecule has 1 amide bonds. The molecule has 1 heterocycles. The first-order valence-corrected chi connectivity index (χ1v) is 14.0. The zero-order valence-corrected chi connectivity index (χ0v) is 23.0. The number of hydrazone groups is 1. The lowest BCUT2D eigenvalue weighted by atomic mass is 9.97. The molecule has 1 N–H and O–H groups in total. The van der Waals surface area contributed by atoms with Gasteiger partial charge in [0.1, 0.15) is 0 Å². The number of rotatable bonds is 7. The second kappa shape index (κ2) is 11.2. The summed E-state index contributed by atoms with van der Waals surface area (Å²) in [5.41, 5.74) is 7.91. The summed E-state index contributed by atoms with van der Waals surface area (Å²) in [5, 5.41) is 18.3. The summed E-state index contributed by atoms with van der Waals surface area (Å²) in [7, 11) is 0. The highest BCUT2D eigenvalue weighted by Crippen LogP contribution is 2.29. The number of amides is 1. The van der Waals surface area contributed by atoms with Gasteiger partial charge in [-0.1, -0.05) is 108 Å². The molecule has 0 bridgehead atoms. The summed E-state index contributed by atoms with van der Waals surface area (Å²) in [5.74, 6) is 0.652. The van der Waals surface area contributed by atoms with Crippen molar-refractivity contribution in [2.24, 2.45) is 5.10 Å². The molecule has 5 aromatic carbocycles. The number of carbonyl (C=O) groups excluding carboxylic acids is 1. The Bertz CT molecular complexity index is 1800. The van der Waals surface area contributed by atoms with Crippen LogP contribution in [0.3, 0.4) is 0 Å². The predicted molar refractivity (Wildman–Crippen MR) is 164 cm³/mol. The standard InChI is InChI=1S/C33H27N5OS/c1-22-11-15-24(16-12-22)32-36-37-33(38(32)27-17-13-23(2)14-18-27)40-21-31(39)35-34-20-30-28-9-5-3-7-25(28)19-26-8-4-6-10-29(26)30/h3-20H,21H2,1-2H3,(H,35,39)/b34-20+. The Morgan fingerprint density at radius 3 is 2.08 bits per heavy atom. The van der Waals surface area contributed by atoms with E-state index in [1.807, 2.05) is 53.1 Å². The van der Waals surface area contributed by atoms with E-state index in [-0.39, 0.29) is 11.7 Å². The van der Waals surface area contributed by atoms with Crippen LogP contribution in [0.4, 0.5) is 0 Å². The van der Waals surface area contributed by atoms with E-state index in [1.54, 1.807) is 6.21 Å². The van der Waals surface area contributed by atoms with Crippen molar-refractivity contribution in [2.45, 2.75) is 19.0 Å². The quantitative estimate of drug-likeness (QED) is 0.101. The first-order valence-electron chi connectivity index (χ1n) is 13.0. The van der Waals surface area contributed by atoms with Crippen molar-refractivity contribution in [3.63, 3.8) is 0 Å². The third-order valence-electron chi connectivity index (χ3n) is 6.76. The molecule has 6 nitrogen and oxygen atoms in total. The molecule has 0 saturated heterocycles. The molecule has 0 aliphatic rings. The Hall–Kier alpha value is -4.75. The van der Waals surface area contributed by atoms with Crippen LogP contribution in [0, 0.1) is 13.8 Å². The molecule has 196 valence electrons. The van der Waals surface area contributed by atoms with Gasteiger partial charge in [-0.25, -0.2) is 5.43 Å². The van der Waals surface area contributed by atoms with Crippen molar-refractivity contribution in [2.75, 3.05) is 5.75 Å². The number of aromatic nitrogens is 3. The Kier molecular flexibility index (Phi) is 7.12. The first kappa shape index (κ1) is 25.5. The van der Waals surface area contributed by atoms with E-state index in [0.29, 0.717) is 5.16 Å². The Balaban J connectivity index is 1.23. The second-order valence-electron chi connectivity index (χ2n) is 9.66. The smallest absolute Gasteiger partial charge is 0.250 e. The maximum absolute atomic E-state index is 12.8. The zero-order chi connectivity index (χ0) is 27.5. The summed E-state index contributed by atoms with van der Waals surface area (Å²) in [6.07, 6.45) is 1.73. The van der Waals surface area contributed by atoms with Crippen LogP contribution in [0.25, 0.3) is 38.6 Å². The van der Waals surface area contributed by atoms with Crippen molar-refractivity contribution >= 4 is 45.4 Å². The van der Waals surface area contributed by atoms with E-state index < -0.39 is 0 Å². The highest BCUT2D eigenvalue weighted by atomic mass is 32.2. The van der Waals surface area contributed by atoms with Gasteiger partial charge in [-0.3, -0.25) is 9.36 Å². The number of aryl methyl sites for hydroxylation is 2. The summed E-state index contributed by atoms with van der Waals surface area (Å²) in [6.45, 7) is 4.11. The van der Waals surface area contributed by atoms with Crippen LogP contribution < -0.4 is 5.43 Å². The number of hydrogen-bond acceptors (Lipinski definition) is 5. The van der Waals surface area contributed by atoms with E-state index in [0.717, 1.165) is 44.2 Å². The minimum atomic E-state index is -0.221. The fourth-order valence-electron chi connectivity index (χ4n) is 4.70. The molecule has 7 heteroatoms. The van der Waals surface area contributed by atoms with Crippen molar-refractivity contribution < 1.29 is 4.79 Å². The van der Waals surface area contributed by atoms with Gasteiger partial charge in [0, 0.05) is 16.8 Å². The van der Waals surface area contributed by atoms with Gasteiger partial charge in [0.2, 0.25) is 0 Å². The second-order valence-corrected chi connectivity index (χ2v) is 10.6. The summed E-state index contributed by atoms with van der Waals surface area (Å²) in [6, 6.07) is 35.0. The van der Waals surface area contributed by atoms with Gasteiger partial charge >= 0.3 is 0 Å². The monoisotopic (exact) mass is 541 g/mol. The van der Waals surface area contributed by atoms with Gasteiger partial charge in [-0.15, -0.1) is 10.2 Å². The van der Waals surface area contributed by atoms with E-state index in [1.165, 1.54) is 22.9 Å². The molecule has 0 fully saturated rings. The van der Waals surface area contributed by atoms with Crippen LogP contribution >= 0.6 is 11.8 Å². The van der Waals surface area contributed by atoms with Gasteiger partial charge in [-0.05, 0) is 53.6 Å². The molecule has 0 aliphatic carbocycles. The normalized spacial score (nSPS) is 11.4. The lowest BCUT2D eigenvalue weighted by Crippen LogP contribution is -2.20. The molecule has 0 saturated carbocycles. The SMILES string of the molecule is Cc1ccc(-c2nnc(SCC(=O)N/N=C/c3c4ccccc4cc4ccccc34)n2-c2ccc(C)cc2)cc1. The average Bonchev–Trinajstić information content (AvgIpc) is 3.40. The fourth-order valence-corrected chi connectivity index (χ4v) is 5.44. The minimum Gasteiger partial charge on any atom is -0.272 e. The lowest BCUT2D eigenvalue weighted by molar-refractivity contribution is -0.118. The fraction of sp³-hybridized carbons (Fsp3) is 0.0909. The third kappa shape index (κ3) is 5.24. The summed E-state index contributed by atoms with van der Waals surface area (Å²) < 4.78 is 1.99. The van der Waals surface area contributed by atoms with Gasteiger partial charge < -0.3 is 0 Å². The highest BCUT2D eigenvalue weighted by Gasteiger charge is 2.17. The summed E-state index contributed by atoms with van der Waals surface area (Å²) >= 11 is 1.33. The average molecular weight is 542 g/mol. The van der Waals surface area contributed by atoms with Crippen LogP contribution in [-0.4, -0.2) is 32.6 Å². The van der Waals surface area contributed by atoms with E-state index >= 15 is 0 Å². The molecular weight excluding hydrogens is 514 g/mol. The van der Waals surface area contributed by atoms with E-state index in [9.17, 15) is 4.79 Å². The van der Waals surface area contributed by atoms with Gasteiger partial charge in [0.25, 0.3) is 5.91 Å². The number of fused-ring (bicyclic) bond motifs is 2. The van der Waals surface area contributed by atoms with Crippen LogP contribution in [0.1, 0.15) is 16.7 Å². The summed E-state index contributed by atoms with van der Waals surface area (Å²) in [4.78, 5) is 12.8. The lowest BCUT2D eigenvalue weighted by Gasteiger charge is -2.11. The molecule has 40 heavy (non-hydrogen) atoms. The Morgan fingerprint density at radius 2 is 1.43 bits per heavy atom. The van der Waals surface area contributed by atoms with Crippen molar-refractivity contribution in [3.8, 4) is 17.1 Å². The van der Waals surface area contributed by atoms with E-state index in [4.69, 9.17) is 0 Å². The van der Waals surface area contributed by atoms with E-state index in [2.05, 4.69) is 89.2 Å². The van der Waals surface area contributed by atoms with Gasteiger partial charge in [0.05, 0.1) is 12.0 Å². The topological polar surface area (TPSA) is 72.2 Å². The molecule has 6 rings (SSSR count). The van der Waals surface area contributed by atoms with Crippen molar-refractivity contribution in [1.82, 2.24) is 20.2 Å². The van der Waals surface area contributed by atoms with Gasteiger partial charge in [0.15, 0.2) is 11.0 Å². The molecule has 6 aromatic rings. The molecule has 1 aromatic heterocycles. The predicted octanol–water partition coefficient (Wildman–Crippen LogP) is 7.10. The zero-order valence-electron chi connectivity index (χ0n) is 22.2. The van der Waals surface area contributed by atoms with Crippen molar-refractivity contribution in [1.29, 1.82) is 0 Å². The largest absolute Gasteiger partial charge is 0.272 e. The number of carbonyl (C=O) groups is 1. The molecule has 0 radical (unpaired) electrons. The molecule has 0 aliphatic heterocycles. The maximum Gasteiger partial charge on any atom is 0.250 e. The minimum absolute atomic E-state index is 0.144. The first-order chi connectivity index (χ1) is 19.6. The Labute approximate surface area is 236 Å². The Morgan fingerprint density at radius 1 is 0.825 bits per heavy atom.